The number of nitrogens with zero attached hydrogens (tertiary/aromatic N) is 1. The van der Waals surface area contributed by atoms with Crippen LogP contribution in [0.3, 0.4) is 0 Å². The molecule has 0 bridgehead atoms. The van der Waals surface area contributed by atoms with Gasteiger partial charge in [0.15, 0.2) is 6.29 Å². The van der Waals surface area contributed by atoms with Gasteiger partial charge in [-0.2, -0.15) is 0 Å². The second-order valence-electron chi connectivity index (χ2n) is 4.25. The highest BCUT2D eigenvalue weighted by atomic mass is 32.1. The van der Waals surface area contributed by atoms with Crippen molar-refractivity contribution in [2.75, 3.05) is 13.1 Å². The first-order valence-corrected chi connectivity index (χ1v) is 6.51. The second-order valence-corrected chi connectivity index (χ2v) is 5.41. The van der Waals surface area contributed by atoms with Gasteiger partial charge in [-0.25, -0.2) is 0 Å². The molecule has 16 heavy (non-hydrogen) atoms. The van der Waals surface area contributed by atoms with Crippen LogP contribution in [0, 0.1) is 0 Å². The van der Waals surface area contributed by atoms with Crippen LogP contribution >= 0.6 is 11.3 Å². The van der Waals surface area contributed by atoms with Crippen molar-refractivity contribution < 1.29 is 9.90 Å². The Morgan fingerprint density at radius 2 is 2.50 bits per heavy atom. The minimum absolute atomic E-state index is 0.172. The topological polar surface area (TPSA) is 40.5 Å². The standard InChI is InChI=1S/C12H17NO2S/c1-2-12-9(5-11(8-14)16-12)6-13-4-3-10(15)7-13/h5,8,10,15H,2-4,6-7H2,1H3. The van der Waals surface area contributed by atoms with Crippen molar-refractivity contribution in [2.45, 2.75) is 32.4 Å². The van der Waals surface area contributed by atoms with E-state index in [4.69, 9.17) is 0 Å². The summed E-state index contributed by atoms with van der Waals surface area (Å²) in [6, 6.07) is 1.99. The first kappa shape index (κ1) is 11.8. The van der Waals surface area contributed by atoms with E-state index >= 15 is 0 Å². The number of aryl methyl sites for hydroxylation is 1. The van der Waals surface area contributed by atoms with Gasteiger partial charge in [0, 0.05) is 24.5 Å². The Labute approximate surface area is 99.7 Å². The number of rotatable bonds is 4. The van der Waals surface area contributed by atoms with Gasteiger partial charge < -0.3 is 5.11 Å². The first-order chi connectivity index (χ1) is 7.72. The Balaban J connectivity index is 2.07. The number of β-amino-alcohol motifs (C(OH)–C–C–N with tert-alkyl or cyclic N) is 1. The van der Waals surface area contributed by atoms with Gasteiger partial charge in [-0.1, -0.05) is 6.92 Å². The number of hydrogen-bond donors (Lipinski definition) is 1. The molecular weight excluding hydrogens is 222 g/mol. The molecule has 0 aliphatic carbocycles. The van der Waals surface area contributed by atoms with Gasteiger partial charge in [0.1, 0.15) is 0 Å². The maximum atomic E-state index is 10.7. The molecule has 0 radical (unpaired) electrons. The highest BCUT2D eigenvalue weighted by molar-refractivity contribution is 7.13. The summed E-state index contributed by atoms with van der Waals surface area (Å²) in [5.41, 5.74) is 1.25. The maximum Gasteiger partial charge on any atom is 0.160 e. The van der Waals surface area contributed by atoms with E-state index < -0.39 is 0 Å². The summed E-state index contributed by atoms with van der Waals surface area (Å²) in [6.07, 6.45) is 2.59. The van der Waals surface area contributed by atoms with Crippen molar-refractivity contribution in [1.82, 2.24) is 4.90 Å². The van der Waals surface area contributed by atoms with Crippen LogP contribution in [0.5, 0.6) is 0 Å². The third-order valence-corrected chi connectivity index (χ3v) is 4.24. The summed E-state index contributed by atoms with van der Waals surface area (Å²) < 4.78 is 0. The van der Waals surface area contributed by atoms with Crippen LogP contribution in [0.2, 0.25) is 0 Å². The molecule has 1 aromatic heterocycles. The molecule has 1 aliphatic rings. The van der Waals surface area contributed by atoms with Gasteiger partial charge in [0.25, 0.3) is 0 Å². The predicted octanol–water partition coefficient (Wildman–Crippen LogP) is 1.69. The Bertz CT molecular complexity index is 375. The summed E-state index contributed by atoms with van der Waals surface area (Å²) in [6.45, 7) is 4.69. The molecule has 1 aromatic rings. The Kier molecular flexibility index (Phi) is 3.74. The fourth-order valence-corrected chi connectivity index (χ4v) is 3.11. The van der Waals surface area contributed by atoms with Crippen molar-refractivity contribution in [3.63, 3.8) is 0 Å². The number of aliphatic hydroxyl groups excluding tert-OH is 1. The molecule has 1 saturated heterocycles. The molecule has 2 rings (SSSR count). The quantitative estimate of drug-likeness (QED) is 0.813. The van der Waals surface area contributed by atoms with Crippen molar-refractivity contribution in [1.29, 1.82) is 0 Å². The Morgan fingerprint density at radius 3 is 3.06 bits per heavy atom. The van der Waals surface area contributed by atoms with Crippen LogP contribution < -0.4 is 0 Å². The normalized spacial score (nSPS) is 21.5. The highest BCUT2D eigenvalue weighted by Crippen LogP contribution is 2.24. The molecule has 2 heterocycles. The summed E-state index contributed by atoms with van der Waals surface area (Å²) in [7, 11) is 0. The van der Waals surface area contributed by atoms with E-state index in [-0.39, 0.29) is 6.10 Å². The zero-order valence-corrected chi connectivity index (χ0v) is 10.3. The van der Waals surface area contributed by atoms with Crippen LogP contribution in [-0.2, 0) is 13.0 Å². The predicted molar refractivity (Wildman–Crippen MR) is 65.0 cm³/mol. The van der Waals surface area contributed by atoms with E-state index in [1.54, 1.807) is 11.3 Å². The average molecular weight is 239 g/mol. The molecule has 88 valence electrons. The lowest BCUT2D eigenvalue weighted by Crippen LogP contribution is -2.21. The Morgan fingerprint density at radius 1 is 1.69 bits per heavy atom. The number of thiophene rings is 1. The van der Waals surface area contributed by atoms with E-state index in [0.29, 0.717) is 0 Å². The highest BCUT2D eigenvalue weighted by Gasteiger charge is 2.21. The summed E-state index contributed by atoms with van der Waals surface area (Å²) in [5, 5.41) is 9.46. The van der Waals surface area contributed by atoms with Crippen LogP contribution in [0.4, 0.5) is 0 Å². The lowest BCUT2D eigenvalue weighted by atomic mass is 10.2. The van der Waals surface area contributed by atoms with E-state index in [9.17, 15) is 9.90 Å². The molecular formula is C12H17NO2S. The smallest absolute Gasteiger partial charge is 0.160 e. The molecule has 1 fully saturated rings. The number of likely N-dealkylation sites (tertiary alicyclic amines) is 1. The number of aliphatic hydroxyl groups is 1. The molecule has 1 unspecified atom stereocenters. The van der Waals surface area contributed by atoms with Crippen LogP contribution in [0.25, 0.3) is 0 Å². The van der Waals surface area contributed by atoms with E-state index in [1.165, 1.54) is 10.4 Å². The fraction of sp³-hybridized carbons (Fsp3) is 0.583. The molecule has 0 spiro atoms. The van der Waals surface area contributed by atoms with Crippen molar-refractivity contribution in [3.8, 4) is 0 Å². The van der Waals surface area contributed by atoms with E-state index in [2.05, 4.69) is 11.8 Å². The molecule has 4 heteroatoms. The largest absolute Gasteiger partial charge is 0.392 e. The van der Waals surface area contributed by atoms with Gasteiger partial charge in [0.05, 0.1) is 11.0 Å². The van der Waals surface area contributed by atoms with Gasteiger partial charge in [0.2, 0.25) is 0 Å². The third kappa shape index (κ3) is 2.51. The van der Waals surface area contributed by atoms with Gasteiger partial charge in [-0.15, -0.1) is 11.3 Å². The van der Waals surface area contributed by atoms with Gasteiger partial charge in [-0.3, -0.25) is 9.69 Å². The SMILES string of the molecule is CCc1sc(C=O)cc1CN1CCC(O)C1. The maximum absolute atomic E-state index is 10.7. The number of aldehydes is 1. The van der Waals surface area contributed by atoms with Crippen LogP contribution in [-0.4, -0.2) is 35.5 Å². The summed E-state index contributed by atoms with van der Waals surface area (Å²) in [5.74, 6) is 0. The zero-order chi connectivity index (χ0) is 11.5. The molecule has 3 nitrogen and oxygen atoms in total. The van der Waals surface area contributed by atoms with Crippen molar-refractivity contribution >= 4 is 17.6 Å². The molecule has 1 atom stereocenters. The third-order valence-electron chi connectivity index (χ3n) is 2.99. The van der Waals surface area contributed by atoms with Crippen molar-refractivity contribution in [2.24, 2.45) is 0 Å². The van der Waals surface area contributed by atoms with Crippen molar-refractivity contribution in [3.05, 3.63) is 21.4 Å². The van der Waals surface area contributed by atoms with Gasteiger partial charge in [-0.05, 0) is 24.5 Å². The first-order valence-electron chi connectivity index (χ1n) is 5.70. The number of carbonyl (C=O) groups excluding carboxylic acids is 1. The average Bonchev–Trinajstić information content (AvgIpc) is 2.85. The number of carbonyl (C=O) groups is 1. The fourth-order valence-electron chi connectivity index (χ4n) is 2.18. The lowest BCUT2D eigenvalue weighted by Gasteiger charge is -2.14. The molecule has 0 saturated carbocycles. The Hall–Kier alpha value is -0.710. The second kappa shape index (κ2) is 5.08. The number of hydrogen-bond acceptors (Lipinski definition) is 4. The lowest BCUT2D eigenvalue weighted by molar-refractivity contribution is 0.112. The molecule has 1 N–H and O–H groups in total. The van der Waals surface area contributed by atoms with E-state index in [0.717, 1.165) is 43.6 Å². The molecule has 0 aromatic carbocycles. The van der Waals surface area contributed by atoms with Gasteiger partial charge >= 0.3 is 0 Å². The minimum Gasteiger partial charge on any atom is -0.392 e. The summed E-state index contributed by atoms with van der Waals surface area (Å²) in [4.78, 5) is 15.1. The summed E-state index contributed by atoms with van der Waals surface area (Å²) >= 11 is 1.59. The van der Waals surface area contributed by atoms with E-state index in [1.807, 2.05) is 6.07 Å². The molecule has 1 aliphatic heterocycles. The zero-order valence-electron chi connectivity index (χ0n) is 9.48. The van der Waals surface area contributed by atoms with Crippen LogP contribution in [0.15, 0.2) is 6.07 Å². The minimum atomic E-state index is -0.172. The monoisotopic (exact) mass is 239 g/mol. The molecule has 0 amide bonds. The van der Waals surface area contributed by atoms with Crippen LogP contribution in [0.1, 0.15) is 33.5 Å².